The Morgan fingerprint density at radius 3 is 2.84 bits per heavy atom. The summed E-state index contributed by atoms with van der Waals surface area (Å²) in [6, 6.07) is 3.23. The fourth-order valence-corrected chi connectivity index (χ4v) is 1.61. The van der Waals surface area contributed by atoms with Crippen molar-refractivity contribution in [3.05, 3.63) is 29.2 Å². The van der Waals surface area contributed by atoms with Crippen LogP contribution in [0.5, 0.6) is 0 Å². The van der Waals surface area contributed by atoms with Gasteiger partial charge in [0.15, 0.2) is 5.82 Å². The number of pyridine rings is 1. The van der Waals surface area contributed by atoms with Gasteiger partial charge in [-0.2, -0.15) is 5.21 Å². The SMILES string of the molecule is COC(=O)c1ccc(NC(C)c2nn[nH]n2)nc1C. The van der Waals surface area contributed by atoms with Crippen LogP contribution in [-0.2, 0) is 4.74 Å². The van der Waals surface area contributed by atoms with E-state index < -0.39 is 5.97 Å². The maximum Gasteiger partial charge on any atom is 0.339 e. The molecule has 0 amide bonds. The molecule has 2 N–H and O–H groups in total. The number of H-pyrrole nitrogens is 1. The Morgan fingerprint density at radius 1 is 1.47 bits per heavy atom. The molecule has 0 aliphatic carbocycles. The van der Waals surface area contributed by atoms with E-state index in [4.69, 9.17) is 0 Å². The van der Waals surface area contributed by atoms with Crippen molar-refractivity contribution >= 4 is 11.8 Å². The summed E-state index contributed by atoms with van der Waals surface area (Å²) in [5, 5.41) is 16.8. The second-order valence-electron chi connectivity index (χ2n) is 3.96. The zero-order valence-corrected chi connectivity index (χ0v) is 10.8. The molecule has 0 aliphatic heterocycles. The van der Waals surface area contributed by atoms with Gasteiger partial charge in [-0.3, -0.25) is 0 Å². The van der Waals surface area contributed by atoms with Crippen LogP contribution in [0.2, 0.25) is 0 Å². The lowest BCUT2D eigenvalue weighted by Gasteiger charge is -2.12. The number of hydrogen-bond acceptors (Lipinski definition) is 7. The minimum absolute atomic E-state index is 0.144. The van der Waals surface area contributed by atoms with Gasteiger partial charge < -0.3 is 10.1 Å². The van der Waals surface area contributed by atoms with Crippen LogP contribution in [0.3, 0.4) is 0 Å². The first kappa shape index (κ1) is 12.9. The molecule has 0 aromatic carbocycles. The van der Waals surface area contributed by atoms with E-state index >= 15 is 0 Å². The van der Waals surface area contributed by atoms with E-state index in [1.165, 1.54) is 7.11 Å². The highest BCUT2D eigenvalue weighted by molar-refractivity contribution is 5.90. The zero-order valence-electron chi connectivity index (χ0n) is 10.8. The second-order valence-corrected chi connectivity index (χ2v) is 3.96. The van der Waals surface area contributed by atoms with Crippen molar-refractivity contribution in [3.63, 3.8) is 0 Å². The molecule has 0 bridgehead atoms. The third-order valence-electron chi connectivity index (χ3n) is 2.60. The van der Waals surface area contributed by atoms with Crippen molar-refractivity contribution < 1.29 is 9.53 Å². The van der Waals surface area contributed by atoms with Crippen LogP contribution in [0.4, 0.5) is 5.82 Å². The lowest BCUT2D eigenvalue weighted by molar-refractivity contribution is 0.0599. The van der Waals surface area contributed by atoms with Gasteiger partial charge in [0.05, 0.1) is 24.4 Å². The lowest BCUT2D eigenvalue weighted by Crippen LogP contribution is -2.12. The van der Waals surface area contributed by atoms with Crippen LogP contribution in [0.1, 0.15) is 34.8 Å². The standard InChI is InChI=1S/C11H14N6O2/c1-6-8(11(18)19-3)4-5-9(12-6)13-7(2)10-14-16-17-15-10/h4-5,7H,1-3H3,(H,12,13)(H,14,15,16,17). The average molecular weight is 262 g/mol. The Labute approximate surface area is 109 Å². The molecule has 100 valence electrons. The van der Waals surface area contributed by atoms with Crippen molar-refractivity contribution in [3.8, 4) is 0 Å². The Balaban J connectivity index is 2.14. The molecule has 2 heterocycles. The summed E-state index contributed by atoms with van der Waals surface area (Å²) in [4.78, 5) is 15.7. The molecule has 0 aliphatic rings. The predicted octanol–water partition coefficient (Wildman–Crippen LogP) is 0.863. The van der Waals surface area contributed by atoms with Crippen molar-refractivity contribution in [1.29, 1.82) is 0 Å². The molecule has 2 aromatic rings. The largest absolute Gasteiger partial charge is 0.465 e. The molecule has 0 fully saturated rings. The van der Waals surface area contributed by atoms with Gasteiger partial charge in [0, 0.05) is 0 Å². The molecule has 0 saturated heterocycles. The molecule has 0 saturated carbocycles. The molecule has 0 spiro atoms. The highest BCUT2D eigenvalue weighted by atomic mass is 16.5. The number of nitrogens with one attached hydrogen (secondary N) is 2. The van der Waals surface area contributed by atoms with Crippen LogP contribution >= 0.6 is 0 Å². The molecule has 0 radical (unpaired) electrons. The van der Waals surface area contributed by atoms with E-state index in [0.29, 0.717) is 22.9 Å². The van der Waals surface area contributed by atoms with E-state index in [1.54, 1.807) is 19.1 Å². The number of tetrazole rings is 1. The van der Waals surface area contributed by atoms with Gasteiger partial charge in [-0.05, 0) is 26.0 Å². The van der Waals surface area contributed by atoms with Gasteiger partial charge in [-0.25, -0.2) is 9.78 Å². The van der Waals surface area contributed by atoms with Crippen LogP contribution in [0, 0.1) is 6.92 Å². The first-order valence-corrected chi connectivity index (χ1v) is 5.67. The van der Waals surface area contributed by atoms with Gasteiger partial charge in [0.2, 0.25) is 0 Å². The Bertz CT molecular complexity index is 569. The Morgan fingerprint density at radius 2 is 2.26 bits per heavy atom. The zero-order chi connectivity index (χ0) is 13.8. The third kappa shape index (κ3) is 2.84. The number of aromatic nitrogens is 5. The first-order chi connectivity index (χ1) is 9.11. The normalized spacial score (nSPS) is 11.9. The highest BCUT2D eigenvalue weighted by Crippen LogP contribution is 2.16. The number of rotatable bonds is 4. The predicted molar refractivity (Wildman–Crippen MR) is 66.5 cm³/mol. The number of ether oxygens (including phenoxy) is 1. The van der Waals surface area contributed by atoms with E-state index in [9.17, 15) is 4.79 Å². The van der Waals surface area contributed by atoms with Crippen LogP contribution in [0.15, 0.2) is 12.1 Å². The number of anilines is 1. The van der Waals surface area contributed by atoms with Gasteiger partial charge in [0.1, 0.15) is 5.82 Å². The molecule has 19 heavy (non-hydrogen) atoms. The molecule has 2 rings (SSSR count). The molecule has 1 unspecified atom stereocenters. The minimum Gasteiger partial charge on any atom is -0.465 e. The second kappa shape index (κ2) is 5.42. The van der Waals surface area contributed by atoms with E-state index in [1.807, 2.05) is 6.92 Å². The summed E-state index contributed by atoms with van der Waals surface area (Å²) in [7, 11) is 1.34. The topological polar surface area (TPSA) is 106 Å². The number of carbonyl (C=O) groups excluding carboxylic acids is 1. The minimum atomic E-state index is -0.400. The highest BCUT2D eigenvalue weighted by Gasteiger charge is 2.13. The number of nitrogens with zero attached hydrogens (tertiary/aromatic N) is 4. The van der Waals surface area contributed by atoms with Gasteiger partial charge >= 0.3 is 5.97 Å². The van der Waals surface area contributed by atoms with E-state index in [0.717, 1.165) is 0 Å². The summed E-state index contributed by atoms with van der Waals surface area (Å²) in [6.45, 7) is 3.63. The fraction of sp³-hybridized carbons (Fsp3) is 0.364. The number of aromatic amines is 1. The van der Waals surface area contributed by atoms with E-state index in [-0.39, 0.29) is 6.04 Å². The summed E-state index contributed by atoms with van der Waals surface area (Å²) >= 11 is 0. The Hall–Kier alpha value is -2.51. The number of hydrogen-bond donors (Lipinski definition) is 2. The maximum atomic E-state index is 11.4. The molecular weight excluding hydrogens is 248 g/mol. The van der Waals surface area contributed by atoms with Crippen molar-refractivity contribution in [1.82, 2.24) is 25.6 Å². The van der Waals surface area contributed by atoms with Crippen molar-refractivity contribution in [2.75, 3.05) is 12.4 Å². The first-order valence-electron chi connectivity index (χ1n) is 5.67. The number of aryl methyl sites for hydroxylation is 1. The fourth-order valence-electron chi connectivity index (χ4n) is 1.61. The van der Waals surface area contributed by atoms with Gasteiger partial charge in [-0.15, -0.1) is 10.2 Å². The molecule has 8 nitrogen and oxygen atoms in total. The quantitative estimate of drug-likeness (QED) is 0.787. The maximum absolute atomic E-state index is 11.4. The summed E-state index contributed by atoms with van der Waals surface area (Å²) in [5.41, 5.74) is 1.04. The van der Waals surface area contributed by atoms with Crippen molar-refractivity contribution in [2.24, 2.45) is 0 Å². The molecule has 8 heteroatoms. The summed E-state index contributed by atoms with van der Waals surface area (Å²) in [5.74, 6) is 0.765. The monoisotopic (exact) mass is 262 g/mol. The number of carbonyl (C=O) groups is 1. The third-order valence-corrected chi connectivity index (χ3v) is 2.60. The van der Waals surface area contributed by atoms with Crippen molar-refractivity contribution in [2.45, 2.75) is 19.9 Å². The number of esters is 1. The van der Waals surface area contributed by atoms with E-state index in [2.05, 4.69) is 35.7 Å². The number of methoxy groups -OCH3 is 1. The average Bonchev–Trinajstić information content (AvgIpc) is 2.92. The Kier molecular flexibility index (Phi) is 3.69. The summed E-state index contributed by atoms with van der Waals surface area (Å²) < 4.78 is 4.67. The van der Waals surface area contributed by atoms with Crippen LogP contribution < -0.4 is 5.32 Å². The van der Waals surface area contributed by atoms with Crippen LogP contribution in [-0.4, -0.2) is 38.7 Å². The summed E-state index contributed by atoms with van der Waals surface area (Å²) in [6.07, 6.45) is 0. The van der Waals surface area contributed by atoms with Crippen LogP contribution in [0.25, 0.3) is 0 Å². The molecular formula is C11H14N6O2. The molecule has 2 aromatic heterocycles. The lowest BCUT2D eigenvalue weighted by atomic mass is 10.2. The van der Waals surface area contributed by atoms with Gasteiger partial charge in [-0.1, -0.05) is 5.21 Å². The smallest absolute Gasteiger partial charge is 0.339 e. The molecule has 1 atom stereocenters. The van der Waals surface area contributed by atoms with Gasteiger partial charge in [0.25, 0.3) is 0 Å².